The predicted octanol–water partition coefficient (Wildman–Crippen LogP) is 0.633. The molecule has 146 valence electrons. The van der Waals surface area contributed by atoms with Gasteiger partial charge in [0.25, 0.3) is 11.8 Å². The van der Waals surface area contributed by atoms with E-state index in [0.717, 1.165) is 10.0 Å². The maximum atomic E-state index is 12.4. The third-order valence-corrected chi connectivity index (χ3v) is 4.20. The minimum Gasteiger partial charge on any atom is -0.286 e. The molecule has 0 radical (unpaired) electrons. The highest BCUT2D eigenvalue weighted by molar-refractivity contribution is 8.74. The Morgan fingerprint density at radius 1 is 0.964 bits per heavy atom. The molecular formula is C16H16N6O4S2. The maximum Gasteiger partial charge on any atom is 0.255 e. The number of nitrogens with two attached hydrogens (primary N) is 1. The van der Waals surface area contributed by atoms with Crippen LogP contribution in [0, 0.1) is 0 Å². The molecule has 0 aliphatic heterocycles. The van der Waals surface area contributed by atoms with Crippen LogP contribution < -0.4 is 21.3 Å². The quantitative estimate of drug-likeness (QED) is 0.154. The summed E-state index contributed by atoms with van der Waals surface area (Å²) in [7, 11) is 0.587. The fraction of sp³-hybridized carbons (Fsp3) is 0.125. The molecule has 0 aliphatic carbocycles. The highest BCUT2D eigenvalue weighted by Crippen LogP contribution is 2.14. The SMILES string of the molecule is NN(C(=O)CC(=O)NN(C(=O)CC(=O)SS)c1ccccn1)c1ccccn1. The number of nitrogens with one attached hydrogen (secondary N) is 1. The fourth-order valence-corrected chi connectivity index (χ4v) is 2.36. The molecule has 2 rings (SSSR count). The van der Waals surface area contributed by atoms with Crippen molar-refractivity contribution in [3.05, 3.63) is 48.8 Å². The average molecular weight is 420 g/mol. The van der Waals surface area contributed by atoms with Crippen LogP contribution in [0.15, 0.2) is 48.8 Å². The summed E-state index contributed by atoms with van der Waals surface area (Å²) in [6.07, 6.45) is 1.68. The summed E-state index contributed by atoms with van der Waals surface area (Å²) in [6, 6.07) is 9.45. The summed E-state index contributed by atoms with van der Waals surface area (Å²) in [5.41, 5.74) is 2.27. The lowest BCUT2D eigenvalue weighted by Gasteiger charge is -2.22. The minimum atomic E-state index is -0.818. The molecule has 2 aromatic heterocycles. The highest BCUT2D eigenvalue weighted by Gasteiger charge is 2.24. The molecule has 2 heterocycles. The molecule has 0 fully saturated rings. The Balaban J connectivity index is 2.08. The molecule has 0 aromatic carbocycles. The number of rotatable bonds is 6. The second kappa shape index (κ2) is 10.4. The number of aromatic nitrogens is 2. The minimum absolute atomic E-state index is 0.0830. The van der Waals surface area contributed by atoms with Crippen molar-refractivity contribution in [2.75, 3.05) is 10.0 Å². The van der Waals surface area contributed by atoms with Crippen molar-refractivity contribution in [3.63, 3.8) is 0 Å². The lowest BCUT2D eigenvalue weighted by atomic mass is 10.3. The number of thiol groups is 1. The zero-order valence-electron chi connectivity index (χ0n) is 14.4. The van der Waals surface area contributed by atoms with E-state index in [-0.39, 0.29) is 11.6 Å². The molecule has 2 aromatic rings. The number of hydrogen-bond donors (Lipinski definition) is 3. The number of nitrogens with zero attached hydrogens (tertiary/aromatic N) is 4. The summed E-state index contributed by atoms with van der Waals surface area (Å²) in [4.78, 5) is 56.2. The van der Waals surface area contributed by atoms with E-state index in [9.17, 15) is 19.2 Å². The third kappa shape index (κ3) is 6.04. The first kappa shape index (κ1) is 21.3. The molecule has 0 spiro atoms. The van der Waals surface area contributed by atoms with Gasteiger partial charge in [-0.05, 0) is 35.1 Å². The highest BCUT2D eigenvalue weighted by atomic mass is 33.1. The van der Waals surface area contributed by atoms with Crippen LogP contribution in [0.1, 0.15) is 12.8 Å². The molecule has 0 saturated carbocycles. The van der Waals surface area contributed by atoms with E-state index < -0.39 is 35.7 Å². The van der Waals surface area contributed by atoms with Crippen molar-refractivity contribution in [1.82, 2.24) is 15.4 Å². The molecule has 12 heteroatoms. The average Bonchev–Trinajstić information content (AvgIpc) is 2.72. The van der Waals surface area contributed by atoms with Gasteiger partial charge in [-0.1, -0.05) is 12.1 Å². The van der Waals surface area contributed by atoms with Gasteiger partial charge in [0.2, 0.25) is 11.0 Å². The molecular weight excluding hydrogens is 404 g/mol. The molecule has 0 saturated heterocycles. The number of carbonyl (C=O) groups is 4. The number of pyridine rings is 2. The van der Waals surface area contributed by atoms with Gasteiger partial charge < -0.3 is 0 Å². The van der Waals surface area contributed by atoms with Crippen molar-refractivity contribution in [2.24, 2.45) is 5.84 Å². The third-order valence-electron chi connectivity index (χ3n) is 3.24. The zero-order valence-corrected chi connectivity index (χ0v) is 16.1. The number of hydrazine groups is 2. The van der Waals surface area contributed by atoms with Crippen LogP contribution in [0.25, 0.3) is 0 Å². The first-order valence-electron chi connectivity index (χ1n) is 7.78. The van der Waals surface area contributed by atoms with Gasteiger partial charge in [0.15, 0.2) is 5.82 Å². The van der Waals surface area contributed by atoms with Gasteiger partial charge in [0, 0.05) is 12.4 Å². The van der Waals surface area contributed by atoms with E-state index >= 15 is 0 Å². The zero-order chi connectivity index (χ0) is 20.5. The number of anilines is 2. The standard InChI is InChI=1S/C16H16N6O4S2/c17-21(11-5-1-3-7-18-11)14(24)9-13(23)20-22(12-6-2-4-8-19-12)15(25)10-16(26)28-27/h1-8,27H,9-10,17H2,(H,20,23). The van der Waals surface area contributed by atoms with E-state index in [1.807, 2.05) is 0 Å². The van der Waals surface area contributed by atoms with Gasteiger partial charge in [-0.25, -0.2) is 25.8 Å². The number of carbonyl (C=O) groups excluding carboxylic acids is 4. The molecule has 0 bridgehead atoms. The van der Waals surface area contributed by atoms with Crippen LogP contribution in [0.4, 0.5) is 11.6 Å². The Bertz CT molecular complexity index is 853. The van der Waals surface area contributed by atoms with Gasteiger partial charge in [-0.3, -0.25) is 24.6 Å². The smallest absolute Gasteiger partial charge is 0.255 e. The Morgan fingerprint density at radius 3 is 2.11 bits per heavy atom. The van der Waals surface area contributed by atoms with Gasteiger partial charge in [0.05, 0.1) is 6.42 Å². The number of amides is 3. The topological polar surface area (TPSA) is 139 Å². The molecule has 10 nitrogen and oxygen atoms in total. The van der Waals surface area contributed by atoms with Crippen LogP contribution in [-0.2, 0) is 19.2 Å². The van der Waals surface area contributed by atoms with Crippen LogP contribution in [-0.4, -0.2) is 32.8 Å². The maximum absolute atomic E-state index is 12.4. The lowest BCUT2D eigenvalue weighted by molar-refractivity contribution is -0.131. The van der Waals surface area contributed by atoms with E-state index in [1.54, 1.807) is 24.3 Å². The Hall–Kier alpha value is -2.96. The summed E-state index contributed by atoms with van der Waals surface area (Å²) < 4.78 is 0. The Morgan fingerprint density at radius 2 is 1.57 bits per heavy atom. The summed E-state index contributed by atoms with van der Waals surface area (Å²) in [5, 5.41) is 1.02. The van der Waals surface area contributed by atoms with Crippen LogP contribution in [0.3, 0.4) is 0 Å². The fourth-order valence-electron chi connectivity index (χ4n) is 1.98. The summed E-state index contributed by atoms with van der Waals surface area (Å²) in [6.45, 7) is 0. The van der Waals surface area contributed by atoms with Crippen molar-refractivity contribution < 1.29 is 19.2 Å². The second-order valence-corrected chi connectivity index (χ2v) is 6.41. The van der Waals surface area contributed by atoms with E-state index in [4.69, 9.17) is 5.84 Å². The molecule has 0 atom stereocenters. The van der Waals surface area contributed by atoms with E-state index in [0.29, 0.717) is 10.8 Å². The van der Waals surface area contributed by atoms with Gasteiger partial charge in [-0.2, -0.15) is 0 Å². The monoisotopic (exact) mass is 420 g/mol. The molecule has 0 unspecified atom stereocenters. The second-order valence-electron chi connectivity index (χ2n) is 5.22. The van der Waals surface area contributed by atoms with Gasteiger partial charge >= 0.3 is 0 Å². The number of hydrogen-bond acceptors (Lipinski definition) is 9. The van der Waals surface area contributed by atoms with Crippen LogP contribution in [0.2, 0.25) is 0 Å². The van der Waals surface area contributed by atoms with Crippen LogP contribution in [0.5, 0.6) is 0 Å². The molecule has 0 aliphatic rings. The molecule has 3 N–H and O–H groups in total. The Kier molecular flexibility index (Phi) is 7.92. The summed E-state index contributed by atoms with van der Waals surface area (Å²) >= 11 is 3.74. The first-order valence-corrected chi connectivity index (χ1v) is 9.65. The van der Waals surface area contributed by atoms with Crippen molar-refractivity contribution in [3.8, 4) is 0 Å². The van der Waals surface area contributed by atoms with Gasteiger partial charge in [0.1, 0.15) is 12.2 Å². The lowest BCUT2D eigenvalue weighted by Crippen LogP contribution is -2.49. The van der Waals surface area contributed by atoms with Crippen LogP contribution >= 0.6 is 22.5 Å². The molecule has 28 heavy (non-hydrogen) atoms. The normalized spacial score (nSPS) is 10.1. The van der Waals surface area contributed by atoms with Crippen molar-refractivity contribution >= 4 is 56.9 Å². The van der Waals surface area contributed by atoms with Crippen molar-refractivity contribution in [1.29, 1.82) is 0 Å². The van der Waals surface area contributed by atoms with Gasteiger partial charge in [-0.15, -0.1) is 11.7 Å². The Labute approximate surface area is 169 Å². The molecule has 3 amide bonds. The summed E-state index contributed by atoms with van der Waals surface area (Å²) in [5.74, 6) is 3.61. The first-order chi connectivity index (χ1) is 13.4. The van der Waals surface area contributed by atoms with E-state index in [1.165, 1.54) is 24.5 Å². The predicted molar refractivity (Wildman–Crippen MR) is 107 cm³/mol. The van der Waals surface area contributed by atoms with Crippen molar-refractivity contribution in [2.45, 2.75) is 12.8 Å². The largest absolute Gasteiger partial charge is 0.286 e. The van der Waals surface area contributed by atoms with E-state index in [2.05, 4.69) is 27.1 Å².